The molecule has 0 aliphatic carbocycles. The quantitative estimate of drug-likeness (QED) is 0.861. The highest BCUT2D eigenvalue weighted by Gasteiger charge is 2.19. The van der Waals surface area contributed by atoms with E-state index in [0.29, 0.717) is 11.4 Å². The summed E-state index contributed by atoms with van der Waals surface area (Å²) < 4.78 is 25.8. The highest BCUT2D eigenvalue weighted by atomic mass is 32.2. The van der Waals surface area contributed by atoms with E-state index in [2.05, 4.69) is 0 Å². The first-order valence-electron chi connectivity index (χ1n) is 6.21. The molecule has 0 fully saturated rings. The highest BCUT2D eigenvalue weighted by molar-refractivity contribution is 7.89. The molecule has 0 saturated heterocycles. The van der Waals surface area contributed by atoms with Crippen molar-refractivity contribution in [3.63, 3.8) is 0 Å². The van der Waals surface area contributed by atoms with Crippen molar-refractivity contribution in [1.82, 2.24) is 4.31 Å². The van der Waals surface area contributed by atoms with E-state index in [0.717, 1.165) is 18.4 Å². The maximum absolute atomic E-state index is 12.2. The van der Waals surface area contributed by atoms with Crippen molar-refractivity contribution in [3.05, 3.63) is 29.8 Å². The Morgan fingerprint density at radius 3 is 2.28 bits per heavy atom. The standard InChI is InChI=1S/C13H22N2O2S/c1-4-5-10-15(3)18(16,17)13-8-6-12(7-9-13)11(2)14/h6-9,11H,4-5,10,14H2,1-3H3. The van der Waals surface area contributed by atoms with E-state index in [1.54, 1.807) is 31.3 Å². The molecule has 1 aromatic carbocycles. The van der Waals surface area contributed by atoms with Crippen molar-refractivity contribution in [2.45, 2.75) is 37.6 Å². The molecule has 18 heavy (non-hydrogen) atoms. The number of sulfonamides is 1. The molecular formula is C13H22N2O2S. The molecule has 0 spiro atoms. The van der Waals surface area contributed by atoms with Crippen LogP contribution in [-0.4, -0.2) is 26.3 Å². The predicted octanol–water partition coefficient (Wildman–Crippen LogP) is 2.13. The van der Waals surface area contributed by atoms with Gasteiger partial charge in [0.05, 0.1) is 4.90 Å². The van der Waals surface area contributed by atoms with Crippen molar-refractivity contribution in [1.29, 1.82) is 0 Å². The third-order valence-corrected chi connectivity index (χ3v) is 4.81. The Bertz CT molecular complexity index is 466. The fourth-order valence-corrected chi connectivity index (χ4v) is 2.83. The van der Waals surface area contributed by atoms with Crippen molar-refractivity contribution < 1.29 is 8.42 Å². The minimum atomic E-state index is -3.36. The molecule has 5 heteroatoms. The third kappa shape index (κ3) is 3.54. The summed E-state index contributed by atoms with van der Waals surface area (Å²) in [6.45, 7) is 4.46. The number of hydrogen-bond donors (Lipinski definition) is 1. The second-order valence-electron chi connectivity index (χ2n) is 4.54. The smallest absolute Gasteiger partial charge is 0.242 e. The number of benzene rings is 1. The van der Waals surface area contributed by atoms with E-state index in [4.69, 9.17) is 5.73 Å². The van der Waals surface area contributed by atoms with Crippen LogP contribution in [0.4, 0.5) is 0 Å². The van der Waals surface area contributed by atoms with Gasteiger partial charge < -0.3 is 5.73 Å². The van der Waals surface area contributed by atoms with Crippen LogP contribution >= 0.6 is 0 Å². The van der Waals surface area contributed by atoms with Gasteiger partial charge in [0, 0.05) is 19.6 Å². The van der Waals surface area contributed by atoms with Crippen LogP contribution in [0.1, 0.15) is 38.3 Å². The second-order valence-corrected chi connectivity index (χ2v) is 6.58. The van der Waals surface area contributed by atoms with E-state index < -0.39 is 10.0 Å². The number of hydrogen-bond acceptors (Lipinski definition) is 3. The Labute approximate surface area is 110 Å². The number of unbranched alkanes of at least 4 members (excludes halogenated alkanes) is 1. The lowest BCUT2D eigenvalue weighted by atomic mass is 10.1. The van der Waals surface area contributed by atoms with Gasteiger partial charge >= 0.3 is 0 Å². The summed E-state index contributed by atoms with van der Waals surface area (Å²) in [6, 6.07) is 6.70. The lowest BCUT2D eigenvalue weighted by Crippen LogP contribution is -2.27. The van der Waals surface area contributed by atoms with Crippen molar-refractivity contribution in [2.24, 2.45) is 5.73 Å². The van der Waals surface area contributed by atoms with Crippen LogP contribution < -0.4 is 5.73 Å². The SMILES string of the molecule is CCCCN(C)S(=O)(=O)c1ccc(C(C)N)cc1. The molecular weight excluding hydrogens is 248 g/mol. The first kappa shape index (κ1) is 15.1. The first-order valence-corrected chi connectivity index (χ1v) is 7.65. The molecule has 1 unspecified atom stereocenters. The Morgan fingerprint density at radius 1 is 1.28 bits per heavy atom. The fraction of sp³-hybridized carbons (Fsp3) is 0.538. The maximum Gasteiger partial charge on any atom is 0.242 e. The Kier molecular flexibility index (Phi) is 5.31. The minimum Gasteiger partial charge on any atom is -0.324 e. The summed E-state index contributed by atoms with van der Waals surface area (Å²) >= 11 is 0. The lowest BCUT2D eigenvalue weighted by Gasteiger charge is -2.17. The molecule has 1 rings (SSSR count). The largest absolute Gasteiger partial charge is 0.324 e. The number of nitrogens with zero attached hydrogens (tertiary/aromatic N) is 1. The van der Waals surface area contributed by atoms with Crippen molar-refractivity contribution in [2.75, 3.05) is 13.6 Å². The zero-order valence-electron chi connectivity index (χ0n) is 11.3. The molecule has 0 heterocycles. The maximum atomic E-state index is 12.2. The topological polar surface area (TPSA) is 63.4 Å². The summed E-state index contributed by atoms with van der Waals surface area (Å²) in [6.07, 6.45) is 1.84. The number of rotatable bonds is 6. The summed E-state index contributed by atoms with van der Waals surface area (Å²) in [7, 11) is -1.75. The zero-order chi connectivity index (χ0) is 13.8. The van der Waals surface area contributed by atoms with Crippen LogP contribution in [0.15, 0.2) is 29.2 Å². The van der Waals surface area contributed by atoms with Crippen LogP contribution in [0.5, 0.6) is 0 Å². The van der Waals surface area contributed by atoms with Crippen LogP contribution in [0, 0.1) is 0 Å². The predicted molar refractivity (Wildman–Crippen MR) is 73.8 cm³/mol. The van der Waals surface area contributed by atoms with E-state index in [9.17, 15) is 8.42 Å². The van der Waals surface area contributed by atoms with Gasteiger partial charge in [-0.15, -0.1) is 0 Å². The molecule has 0 saturated carbocycles. The first-order chi connectivity index (χ1) is 8.39. The molecule has 0 aliphatic rings. The fourth-order valence-electron chi connectivity index (χ4n) is 1.62. The average molecular weight is 270 g/mol. The van der Waals surface area contributed by atoms with Gasteiger partial charge in [-0.2, -0.15) is 0 Å². The van der Waals surface area contributed by atoms with Gasteiger partial charge in [-0.1, -0.05) is 25.5 Å². The van der Waals surface area contributed by atoms with E-state index in [1.807, 2.05) is 13.8 Å². The van der Waals surface area contributed by atoms with Gasteiger partial charge in [0.25, 0.3) is 0 Å². The monoisotopic (exact) mass is 270 g/mol. The van der Waals surface area contributed by atoms with Crippen molar-refractivity contribution >= 4 is 10.0 Å². The van der Waals surface area contributed by atoms with Crippen LogP contribution in [0.2, 0.25) is 0 Å². The van der Waals surface area contributed by atoms with Crippen molar-refractivity contribution in [3.8, 4) is 0 Å². The van der Waals surface area contributed by atoms with Gasteiger partial charge in [0.2, 0.25) is 10.0 Å². The summed E-state index contributed by atoms with van der Waals surface area (Å²) in [4.78, 5) is 0.325. The van der Waals surface area contributed by atoms with Crippen LogP contribution in [0.25, 0.3) is 0 Å². The minimum absolute atomic E-state index is 0.0837. The van der Waals surface area contributed by atoms with Gasteiger partial charge in [-0.25, -0.2) is 12.7 Å². The molecule has 102 valence electrons. The summed E-state index contributed by atoms with van der Waals surface area (Å²) in [5.74, 6) is 0. The van der Waals surface area contributed by atoms with Gasteiger partial charge in [0.1, 0.15) is 0 Å². The van der Waals surface area contributed by atoms with Crippen LogP contribution in [0.3, 0.4) is 0 Å². The zero-order valence-corrected chi connectivity index (χ0v) is 12.1. The average Bonchev–Trinajstić information content (AvgIpc) is 2.35. The molecule has 1 aromatic rings. The molecule has 0 bridgehead atoms. The summed E-state index contributed by atoms with van der Waals surface area (Å²) in [5.41, 5.74) is 6.67. The summed E-state index contributed by atoms with van der Waals surface area (Å²) in [5, 5.41) is 0. The third-order valence-electron chi connectivity index (χ3n) is 2.94. The van der Waals surface area contributed by atoms with Crippen LogP contribution in [-0.2, 0) is 10.0 Å². The highest BCUT2D eigenvalue weighted by Crippen LogP contribution is 2.17. The van der Waals surface area contributed by atoms with Gasteiger partial charge in [0.15, 0.2) is 0 Å². The molecule has 2 N–H and O–H groups in total. The van der Waals surface area contributed by atoms with Gasteiger partial charge in [-0.05, 0) is 31.0 Å². The molecule has 0 aliphatic heterocycles. The Morgan fingerprint density at radius 2 is 1.83 bits per heavy atom. The molecule has 4 nitrogen and oxygen atoms in total. The Balaban J connectivity index is 2.91. The Hall–Kier alpha value is -0.910. The second kappa shape index (κ2) is 6.31. The van der Waals surface area contributed by atoms with Gasteiger partial charge in [-0.3, -0.25) is 0 Å². The molecule has 0 amide bonds. The van der Waals surface area contributed by atoms with E-state index in [-0.39, 0.29) is 6.04 Å². The number of nitrogens with two attached hydrogens (primary N) is 1. The lowest BCUT2D eigenvalue weighted by molar-refractivity contribution is 0.459. The van der Waals surface area contributed by atoms with E-state index in [1.165, 1.54) is 4.31 Å². The normalized spacial score (nSPS) is 13.8. The molecule has 0 radical (unpaired) electrons. The van der Waals surface area contributed by atoms with E-state index >= 15 is 0 Å². The molecule has 1 atom stereocenters. The molecule has 0 aromatic heterocycles.